The highest BCUT2D eigenvalue weighted by Crippen LogP contribution is 2.28. The summed E-state index contributed by atoms with van der Waals surface area (Å²) in [5.74, 6) is -0.178. The summed E-state index contributed by atoms with van der Waals surface area (Å²) >= 11 is 6.22. The molecular formula is C17H19ClFN. The Bertz CT molecular complexity index is 596. The van der Waals surface area contributed by atoms with Crippen LogP contribution >= 0.6 is 11.6 Å². The van der Waals surface area contributed by atoms with E-state index in [0.29, 0.717) is 5.56 Å². The van der Waals surface area contributed by atoms with Gasteiger partial charge in [0.2, 0.25) is 0 Å². The van der Waals surface area contributed by atoms with Crippen molar-refractivity contribution < 1.29 is 4.39 Å². The van der Waals surface area contributed by atoms with Gasteiger partial charge in [0, 0.05) is 11.6 Å². The van der Waals surface area contributed by atoms with Crippen LogP contribution in [0.5, 0.6) is 0 Å². The Morgan fingerprint density at radius 1 is 1.20 bits per heavy atom. The number of hydrogen-bond donors (Lipinski definition) is 1. The molecule has 3 heteroatoms. The van der Waals surface area contributed by atoms with Crippen LogP contribution in [0.2, 0.25) is 5.02 Å². The molecule has 0 atom stereocenters. The van der Waals surface area contributed by atoms with E-state index in [1.165, 1.54) is 6.07 Å². The molecule has 2 rings (SSSR count). The van der Waals surface area contributed by atoms with Crippen LogP contribution in [0.25, 0.3) is 11.1 Å². The van der Waals surface area contributed by atoms with Crippen molar-refractivity contribution in [1.82, 2.24) is 5.32 Å². The van der Waals surface area contributed by atoms with Gasteiger partial charge >= 0.3 is 0 Å². The maximum atomic E-state index is 13.7. The zero-order valence-electron chi connectivity index (χ0n) is 11.8. The molecule has 2 aromatic rings. The Hall–Kier alpha value is -1.38. The summed E-state index contributed by atoms with van der Waals surface area (Å²) in [5.41, 5.74) is 3.63. The third-order valence-electron chi connectivity index (χ3n) is 3.37. The average Bonchev–Trinajstić information content (AvgIpc) is 2.44. The molecule has 2 aromatic carbocycles. The number of hydrogen-bond acceptors (Lipinski definition) is 1. The summed E-state index contributed by atoms with van der Waals surface area (Å²) < 4.78 is 13.7. The Labute approximate surface area is 124 Å². The van der Waals surface area contributed by atoms with Gasteiger partial charge in [0.05, 0.1) is 0 Å². The van der Waals surface area contributed by atoms with E-state index in [2.05, 4.69) is 12.2 Å². The Morgan fingerprint density at radius 3 is 2.75 bits per heavy atom. The Morgan fingerprint density at radius 2 is 2.00 bits per heavy atom. The third kappa shape index (κ3) is 3.38. The molecule has 0 aliphatic heterocycles. The summed E-state index contributed by atoms with van der Waals surface area (Å²) in [6.07, 6.45) is 1.08. The first-order valence-corrected chi connectivity index (χ1v) is 7.26. The van der Waals surface area contributed by atoms with Gasteiger partial charge in [-0.1, -0.05) is 36.7 Å². The van der Waals surface area contributed by atoms with Crippen molar-refractivity contribution in [1.29, 1.82) is 0 Å². The fraction of sp³-hybridized carbons (Fsp3) is 0.294. The van der Waals surface area contributed by atoms with Gasteiger partial charge in [-0.3, -0.25) is 0 Å². The van der Waals surface area contributed by atoms with E-state index in [9.17, 15) is 4.39 Å². The average molecular weight is 292 g/mol. The smallest absolute Gasteiger partial charge is 0.126 e. The zero-order valence-corrected chi connectivity index (χ0v) is 12.6. The largest absolute Gasteiger partial charge is 0.313 e. The summed E-state index contributed by atoms with van der Waals surface area (Å²) in [6, 6.07) is 11.0. The molecule has 1 nitrogen and oxygen atoms in total. The van der Waals surface area contributed by atoms with Crippen molar-refractivity contribution in [3.8, 4) is 11.1 Å². The third-order valence-corrected chi connectivity index (χ3v) is 3.74. The Kier molecular flexibility index (Phi) is 5.16. The fourth-order valence-corrected chi connectivity index (χ4v) is 2.38. The van der Waals surface area contributed by atoms with Crippen molar-refractivity contribution in [2.45, 2.75) is 26.8 Å². The van der Waals surface area contributed by atoms with Crippen molar-refractivity contribution in [3.05, 3.63) is 58.4 Å². The van der Waals surface area contributed by atoms with Gasteiger partial charge in [0.15, 0.2) is 0 Å². The molecule has 20 heavy (non-hydrogen) atoms. The predicted molar refractivity (Wildman–Crippen MR) is 83.6 cm³/mol. The zero-order chi connectivity index (χ0) is 14.5. The molecule has 0 saturated heterocycles. The van der Waals surface area contributed by atoms with Crippen molar-refractivity contribution in [2.24, 2.45) is 0 Å². The minimum atomic E-state index is -0.178. The molecule has 0 saturated carbocycles. The lowest BCUT2D eigenvalue weighted by Crippen LogP contribution is -2.14. The minimum absolute atomic E-state index is 0.178. The van der Waals surface area contributed by atoms with E-state index >= 15 is 0 Å². The van der Waals surface area contributed by atoms with Gasteiger partial charge in [-0.25, -0.2) is 4.39 Å². The summed E-state index contributed by atoms with van der Waals surface area (Å²) in [6.45, 7) is 5.61. The predicted octanol–water partition coefficient (Wildman–Crippen LogP) is 4.95. The molecule has 0 bridgehead atoms. The monoisotopic (exact) mass is 291 g/mol. The topological polar surface area (TPSA) is 12.0 Å². The standard InChI is InChI=1S/C17H19ClFN/c1-3-9-20-11-14-10-13(7-8-16(14)18)15-5-4-6-17(19)12(15)2/h4-8,10,20H,3,9,11H2,1-2H3. The summed E-state index contributed by atoms with van der Waals surface area (Å²) in [7, 11) is 0. The minimum Gasteiger partial charge on any atom is -0.313 e. The number of halogens is 2. The van der Waals surface area contributed by atoms with Gasteiger partial charge in [-0.2, -0.15) is 0 Å². The number of benzene rings is 2. The molecule has 1 N–H and O–H groups in total. The van der Waals surface area contributed by atoms with Crippen LogP contribution in [0.4, 0.5) is 4.39 Å². The van der Waals surface area contributed by atoms with Crippen LogP contribution in [0.1, 0.15) is 24.5 Å². The lowest BCUT2D eigenvalue weighted by Gasteiger charge is -2.11. The normalized spacial score (nSPS) is 10.8. The molecule has 0 radical (unpaired) electrons. The highest BCUT2D eigenvalue weighted by atomic mass is 35.5. The van der Waals surface area contributed by atoms with Gasteiger partial charge < -0.3 is 5.32 Å². The van der Waals surface area contributed by atoms with E-state index < -0.39 is 0 Å². The van der Waals surface area contributed by atoms with Crippen molar-refractivity contribution in [3.63, 3.8) is 0 Å². The highest BCUT2D eigenvalue weighted by Gasteiger charge is 2.08. The lowest BCUT2D eigenvalue weighted by molar-refractivity contribution is 0.619. The van der Waals surface area contributed by atoms with Crippen LogP contribution in [0, 0.1) is 12.7 Å². The maximum absolute atomic E-state index is 13.7. The maximum Gasteiger partial charge on any atom is 0.126 e. The van der Waals surface area contributed by atoms with Crippen LogP contribution in [0.15, 0.2) is 36.4 Å². The van der Waals surface area contributed by atoms with Crippen molar-refractivity contribution >= 4 is 11.6 Å². The second kappa shape index (κ2) is 6.87. The lowest BCUT2D eigenvalue weighted by atomic mass is 9.98. The second-order valence-corrected chi connectivity index (χ2v) is 5.30. The quantitative estimate of drug-likeness (QED) is 0.768. The van der Waals surface area contributed by atoms with Crippen molar-refractivity contribution in [2.75, 3.05) is 6.54 Å². The van der Waals surface area contributed by atoms with Crippen LogP contribution < -0.4 is 5.32 Å². The van der Waals surface area contributed by atoms with E-state index in [-0.39, 0.29) is 5.82 Å². The second-order valence-electron chi connectivity index (χ2n) is 4.90. The molecule has 0 fully saturated rings. The van der Waals surface area contributed by atoms with Crippen LogP contribution in [0.3, 0.4) is 0 Å². The van der Waals surface area contributed by atoms with Crippen LogP contribution in [-0.2, 0) is 6.54 Å². The van der Waals surface area contributed by atoms with Gasteiger partial charge in [-0.15, -0.1) is 0 Å². The van der Waals surface area contributed by atoms with Gasteiger partial charge in [-0.05, 0) is 60.3 Å². The molecule has 106 valence electrons. The van der Waals surface area contributed by atoms with Crippen LogP contribution in [-0.4, -0.2) is 6.54 Å². The summed E-state index contributed by atoms with van der Waals surface area (Å²) in [4.78, 5) is 0. The van der Waals surface area contributed by atoms with E-state index in [0.717, 1.165) is 41.2 Å². The number of rotatable bonds is 5. The molecule has 0 aromatic heterocycles. The van der Waals surface area contributed by atoms with E-state index in [1.807, 2.05) is 24.3 Å². The molecule has 0 unspecified atom stereocenters. The Balaban J connectivity index is 2.33. The first-order chi connectivity index (χ1) is 9.63. The van der Waals surface area contributed by atoms with E-state index in [4.69, 9.17) is 11.6 Å². The van der Waals surface area contributed by atoms with Gasteiger partial charge in [0.25, 0.3) is 0 Å². The molecule has 0 amide bonds. The summed E-state index contributed by atoms with van der Waals surface area (Å²) in [5, 5.41) is 4.08. The highest BCUT2D eigenvalue weighted by molar-refractivity contribution is 6.31. The molecule has 0 aliphatic rings. The molecule has 0 heterocycles. The number of nitrogens with one attached hydrogen (secondary N) is 1. The van der Waals surface area contributed by atoms with E-state index in [1.54, 1.807) is 13.0 Å². The molecule has 0 aliphatic carbocycles. The first-order valence-electron chi connectivity index (χ1n) is 6.88. The SMILES string of the molecule is CCCNCc1cc(-c2cccc(F)c2C)ccc1Cl. The molecule has 0 spiro atoms. The molecular weight excluding hydrogens is 273 g/mol. The fourth-order valence-electron chi connectivity index (χ4n) is 2.20. The van der Waals surface area contributed by atoms with Gasteiger partial charge in [0.1, 0.15) is 5.82 Å². The first kappa shape index (κ1) is 15.0.